The summed E-state index contributed by atoms with van der Waals surface area (Å²) in [6.45, 7) is 16.4. The Morgan fingerprint density at radius 2 is 1.44 bits per heavy atom. The number of hydrogen-bond donors (Lipinski definition) is 9. The van der Waals surface area contributed by atoms with Gasteiger partial charge in [-0.05, 0) is 117 Å². The van der Waals surface area contributed by atoms with Crippen LogP contribution in [0.25, 0.3) is 0 Å². The summed E-state index contributed by atoms with van der Waals surface area (Å²) in [5, 5.41) is 99.1. The van der Waals surface area contributed by atoms with E-state index in [1.165, 1.54) is 0 Å². The molecule has 6 rings (SSSR count). The number of allylic oxidation sites excluding steroid dienone is 2. The summed E-state index contributed by atoms with van der Waals surface area (Å²) in [5.41, 5.74) is -1.30. The highest BCUT2D eigenvalue weighted by Crippen LogP contribution is 2.76. The molecule has 13 heteroatoms. The molecule has 0 aromatic rings. The van der Waals surface area contributed by atoms with Crippen molar-refractivity contribution in [3.8, 4) is 0 Å². The highest BCUT2D eigenvalue weighted by atomic mass is 16.7. The van der Waals surface area contributed by atoms with Crippen LogP contribution in [0.5, 0.6) is 0 Å². The van der Waals surface area contributed by atoms with Gasteiger partial charge in [-0.2, -0.15) is 0 Å². The molecule has 0 spiro atoms. The first-order valence-electron chi connectivity index (χ1n) is 20.4. The van der Waals surface area contributed by atoms with Crippen LogP contribution in [0, 0.1) is 45.3 Å². The van der Waals surface area contributed by atoms with E-state index in [-0.39, 0.29) is 53.1 Å². The zero-order valence-electron chi connectivity index (χ0n) is 33.5. The topological polar surface area (TPSA) is 219 Å². The van der Waals surface area contributed by atoms with Gasteiger partial charge in [-0.3, -0.25) is 0 Å². The van der Waals surface area contributed by atoms with Crippen LogP contribution in [0.15, 0.2) is 11.6 Å². The summed E-state index contributed by atoms with van der Waals surface area (Å²) in [7, 11) is 0. The van der Waals surface area contributed by atoms with Crippen molar-refractivity contribution in [3.05, 3.63) is 11.6 Å². The molecule has 9 N–H and O–H groups in total. The molecule has 13 nitrogen and oxygen atoms in total. The minimum atomic E-state index is -1.66. The first-order chi connectivity index (χ1) is 25.0. The van der Waals surface area contributed by atoms with Crippen molar-refractivity contribution in [2.45, 2.75) is 186 Å². The predicted octanol–water partition coefficient (Wildman–Crippen LogP) is 1.76. The zero-order valence-corrected chi connectivity index (χ0v) is 33.5. The van der Waals surface area contributed by atoms with Crippen LogP contribution >= 0.6 is 0 Å². The van der Waals surface area contributed by atoms with Gasteiger partial charge < -0.3 is 64.9 Å². The molecule has 0 amide bonds. The van der Waals surface area contributed by atoms with E-state index >= 15 is 0 Å². The molecule has 0 aromatic heterocycles. The molecule has 0 radical (unpaired) electrons. The van der Waals surface area contributed by atoms with Gasteiger partial charge in [0.2, 0.25) is 0 Å². The van der Waals surface area contributed by atoms with Crippen LogP contribution < -0.4 is 0 Å². The summed E-state index contributed by atoms with van der Waals surface area (Å²) in [5.74, 6) is -0.398. The quantitative estimate of drug-likeness (QED) is 0.153. The van der Waals surface area contributed by atoms with Gasteiger partial charge in [0.15, 0.2) is 12.6 Å². The van der Waals surface area contributed by atoms with Crippen molar-refractivity contribution >= 4 is 0 Å². The molecule has 6 fully saturated rings. The van der Waals surface area contributed by atoms with Gasteiger partial charge in [0.05, 0.1) is 37.1 Å². The molecule has 0 unspecified atom stereocenters. The first kappa shape index (κ1) is 42.8. The van der Waals surface area contributed by atoms with Gasteiger partial charge in [0, 0.05) is 0 Å². The van der Waals surface area contributed by atoms with Crippen LogP contribution in [-0.4, -0.2) is 138 Å². The fourth-order valence-electron chi connectivity index (χ4n) is 13.1. The predicted molar refractivity (Wildman–Crippen MR) is 196 cm³/mol. The molecule has 4 aliphatic carbocycles. The average molecular weight is 771 g/mol. The lowest BCUT2D eigenvalue weighted by atomic mass is 9.34. The lowest BCUT2D eigenvalue weighted by Gasteiger charge is -2.71. The van der Waals surface area contributed by atoms with E-state index in [1.54, 1.807) is 0 Å². The molecule has 54 heavy (non-hydrogen) atoms. The summed E-state index contributed by atoms with van der Waals surface area (Å²) in [6, 6.07) is 0. The Labute approximate surface area is 320 Å². The highest BCUT2D eigenvalue weighted by Gasteiger charge is 2.73. The molecule has 312 valence electrons. The van der Waals surface area contributed by atoms with Crippen molar-refractivity contribution in [1.29, 1.82) is 0 Å². The maximum Gasteiger partial charge on any atom is 0.187 e. The standard InChI is InChI=1S/C41H70O13/c1-20(2)10-9-13-41(8,54-36-33(50)31(48)30(47)25(53-36)19-52-35-32(49)29(46)24(44)18-51-35)21-11-15-39(6)28(21)22(42)16-26-38(5)14-12-27(45)37(3,4)34(38)23(43)17-40(26,39)7/h10,21-36,42-50H,9,11-19H2,1-8H3/t21-,22+,23-,24-,25+,26+,27-,28-,29-,30+,31-,32-,33+,34-,35+,36-,38+,39+,40+,41-/m0/s1. The van der Waals surface area contributed by atoms with Crippen LogP contribution in [0.4, 0.5) is 0 Å². The number of fused-ring (bicyclic) bond motifs is 5. The van der Waals surface area contributed by atoms with Crippen LogP contribution in [-0.2, 0) is 18.9 Å². The maximum atomic E-state index is 12.4. The molecule has 2 saturated heterocycles. The van der Waals surface area contributed by atoms with E-state index in [9.17, 15) is 46.0 Å². The monoisotopic (exact) mass is 770 g/mol. The number of aliphatic hydroxyl groups excluding tert-OH is 9. The Morgan fingerprint density at radius 3 is 2.11 bits per heavy atom. The second-order valence-electron chi connectivity index (χ2n) is 19.8. The third-order valence-electron chi connectivity index (χ3n) is 16.2. The Balaban J connectivity index is 1.27. The Kier molecular flexibility index (Phi) is 12.0. The van der Waals surface area contributed by atoms with E-state index in [0.717, 1.165) is 24.8 Å². The number of rotatable bonds is 9. The Morgan fingerprint density at radius 1 is 0.778 bits per heavy atom. The first-order valence-corrected chi connectivity index (χ1v) is 20.4. The van der Waals surface area contributed by atoms with Crippen molar-refractivity contribution in [1.82, 2.24) is 0 Å². The second kappa shape index (κ2) is 15.1. The minimum Gasteiger partial charge on any atom is -0.393 e. The number of hydrogen-bond acceptors (Lipinski definition) is 13. The highest BCUT2D eigenvalue weighted by molar-refractivity contribution is 5.22. The van der Waals surface area contributed by atoms with Crippen molar-refractivity contribution in [2.24, 2.45) is 45.3 Å². The molecule has 0 bridgehead atoms. The van der Waals surface area contributed by atoms with Crippen molar-refractivity contribution < 1.29 is 64.9 Å². The largest absolute Gasteiger partial charge is 0.393 e. The van der Waals surface area contributed by atoms with Gasteiger partial charge in [-0.25, -0.2) is 0 Å². The third kappa shape index (κ3) is 6.86. The van der Waals surface area contributed by atoms with E-state index in [0.29, 0.717) is 32.1 Å². The number of ether oxygens (including phenoxy) is 4. The van der Waals surface area contributed by atoms with Crippen LogP contribution in [0.1, 0.15) is 107 Å². The van der Waals surface area contributed by atoms with E-state index in [1.807, 2.05) is 20.8 Å². The van der Waals surface area contributed by atoms with E-state index in [2.05, 4.69) is 40.7 Å². The fraction of sp³-hybridized carbons (Fsp3) is 0.951. The van der Waals surface area contributed by atoms with Gasteiger partial charge in [-0.1, -0.05) is 46.3 Å². The molecule has 4 saturated carbocycles. The van der Waals surface area contributed by atoms with Crippen molar-refractivity contribution in [3.63, 3.8) is 0 Å². The molecule has 20 atom stereocenters. The second-order valence-corrected chi connectivity index (χ2v) is 19.8. The molecular weight excluding hydrogens is 700 g/mol. The molecule has 2 aliphatic heterocycles. The van der Waals surface area contributed by atoms with E-state index in [4.69, 9.17) is 18.9 Å². The zero-order chi connectivity index (χ0) is 39.9. The molecular formula is C41H70O13. The maximum absolute atomic E-state index is 12.4. The average Bonchev–Trinajstić information content (AvgIpc) is 3.47. The Hall–Kier alpha value is -0.780. The normalized spacial score (nSPS) is 52.8. The SMILES string of the molecule is CC(C)=CCC[C@](C)(O[C@@H]1O[C@H](CO[C@H]2OC[C@H](O)[C@H](O)[C@@H]2O)[C@@H](O)[C@H](O)[C@H]1O)[C@H]1CC[C@]2(C)[C@@H]1[C@H](O)C[C@@H]1[C@@]3(C)CC[C@H](O)C(C)(C)[C@@H]3[C@@H](O)C[C@]12C. The van der Waals surface area contributed by atoms with Gasteiger partial charge in [-0.15, -0.1) is 0 Å². The molecule has 2 heterocycles. The number of aliphatic hydroxyl groups is 9. The lowest BCUT2D eigenvalue weighted by molar-refractivity contribution is -0.346. The van der Waals surface area contributed by atoms with Crippen LogP contribution in [0.2, 0.25) is 0 Å². The summed E-state index contributed by atoms with van der Waals surface area (Å²) >= 11 is 0. The molecule has 6 aliphatic rings. The smallest absolute Gasteiger partial charge is 0.187 e. The lowest BCUT2D eigenvalue weighted by Crippen LogP contribution is -2.70. The summed E-state index contributed by atoms with van der Waals surface area (Å²) < 4.78 is 24.0. The third-order valence-corrected chi connectivity index (χ3v) is 16.2. The summed E-state index contributed by atoms with van der Waals surface area (Å²) in [4.78, 5) is 0. The van der Waals surface area contributed by atoms with Crippen molar-refractivity contribution in [2.75, 3.05) is 13.2 Å². The van der Waals surface area contributed by atoms with E-state index < -0.39 is 84.6 Å². The van der Waals surface area contributed by atoms with Gasteiger partial charge >= 0.3 is 0 Å². The Bertz CT molecular complexity index is 1360. The fourth-order valence-corrected chi connectivity index (χ4v) is 13.1. The summed E-state index contributed by atoms with van der Waals surface area (Å²) in [6.07, 6.45) is -7.53. The molecule has 0 aromatic carbocycles. The van der Waals surface area contributed by atoms with Crippen LogP contribution in [0.3, 0.4) is 0 Å². The minimum absolute atomic E-state index is 0.109. The van der Waals surface area contributed by atoms with Gasteiger partial charge in [0.1, 0.15) is 42.7 Å². The van der Waals surface area contributed by atoms with Gasteiger partial charge in [0.25, 0.3) is 0 Å².